The lowest BCUT2D eigenvalue weighted by molar-refractivity contribution is -0.870. The fourth-order valence-electron chi connectivity index (χ4n) is 3.13. The van der Waals surface area contributed by atoms with Crippen molar-refractivity contribution < 1.29 is 4.48 Å². The van der Waals surface area contributed by atoms with Crippen LogP contribution in [0.2, 0.25) is 0 Å². The zero-order valence-electron chi connectivity index (χ0n) is 17.6. The van der Waals surface area contributed by atoms with E-state index in [0.29, 0.717) is 0 Å². The average Bonchev–Trinajstić information content (AvgIpc) is 2.45. The normalized spacial score (nSPS) is 11.0. The fourth-order valence-corrected chi connectivity index (χ4v) is 3.13. The first-order valence-corrected chi connectivity index (χ1v) is 10.4. The minimum absolute atomic E-state index is 0. The first kappa shape index (κ1) is 29.2. The van der Waals surface area contributed by atoms with Crippen LogP contribution in [0.5, 0.6) is 0 Å². The van der Waals surface area contributed by atoms with Gasteiger partial charge in [0, 0.05) is 0 Å². The largest absolute Gasteiger partial charge is 0.344 e. The molecular weight excluding hydrogens is 360 g/mol. The maximum absolute atomic E-state index is 2.30. The van der Waals surface area contributed by atoms with Crippen molar-refractivity contribution in [3.63, 3.8) is 0 Å². The summed E-state index contributed by atoms with van der Waals surface area (Å²) in [4.78, 5) is 0. The molecule has 0 radical (unpaired) electrons. The first-order valence-electron chi connectivity index (χ1n) is 10.4. The Morgan fingerprint density at radius 3 is 0.958 bits per heavy atom. The molecule has 0 bridgehead atoms. The summed E-state index contributed by atoms with van der Waals surface area (Å²) >= 11 is 0. The molecule has 0 spiro atoms. The predicted molar refractivity (Wildman–Crippen MR) is 118 cm³/mol. The number of hydrogen-bond donors (Lipinski definition) is 1. The molecule has 3 heteroatoms. The molecular formula is C21H50BrN2+. The fraction of sp³-hybridized carbons (Fsp3) is 1.00. The van der Waals surface area contributed by atoms with Gasteiger partial charge in [-0.2, -0.15) is 0 Å². The van der Waals surface area contributed by atoms with Gasteiger partial charge in [0.2, 0.25) is 0 Å². The third-order valence-electron chi connectivity index (χ3n) is 4.68. The first-order chi connectivity index (χ1) is 10.6. The third-order valence-corrected chi connectivity index (χ3v) is 4.68. The molecule has 0 amide bonds. The monoisotopic (exact) mass is 409 g/mol. The van der Waals surface area contributed by atoms with Crippen LogP contribution in [0, 0.1) is 0 Å². The van der Waals surface area contributed by atoms with Crippen LogP contribution in [0.1, 0.15) is 110 Å². The Bertz CT molecular complexity index is 214. The van der Waals surface area contributed by atoms with Crippen LogP contribution in [-0.2, 0) is 0 Å². The van der Waals surface area contributed by atoms with E-state index in [1.807, 2.05) is 0 Å². The number of unbranched alkanes of at least 4 members (excludes halogenated alkanes) is 15. The second-order valence-corrected chi connectivity index (χ2v) is 8.32. The molecule has 0 aliphatic heterocycles. The predicted octanol–water partition coefficient (Wildman–Crippen LogP) is 7.69. The van der Waals surface area contributed by atoms with E-state index in [0.717, 1.165) is 4.48 Å². The second kappa shape index (κ2) is 21.4. The van der Waals surface area contributed by atoms with Crippen molar-refractivity contribution in [2.45, 2.75) is 110 Å². The van der Waals surface area contributed by atoms with Gasteiger partial charge >= 0.3 is 0 Å². The van der Waals surface area contributed by atoms with Gasteiger partial charge in [0.15, 0.2) is 0 Å². The van der Waals surface area contributed by atoms with E-state index in [1.54, 1.807) is 0 Å². The third kappa shape index (κ3) is 27.3. The van der Waals surface area contributed by atoms with Crippen molar-refractivity contribution in [2.75, 3.05) is 27.7 Å². The molecule has 0 saturated carbocycles. The number of rotatable bonds is 17. The highest BCUT2D eigenvalue weighted by Crippen LogP contribution is 2.13. The molecule has 150 valence electrons. The molecule has 0 atom stereocenters. The second-order valence-electron chi connectivity index (χ2n) is 8.32. The highest BCUT2D eigenvalue weighted by Gasteiger charge is 2.04. The van der Waals surface area contributed by atoms with Gasteiger partial charge in [-0.15, -0.1) is 17.0 Å². The number of halogens is 1. The summed E-state index contributed by atoms with van der Waals surface area (Å²) in [5.74, 6) is 0. The molecule has 0 aromatic rings. The summed E-state index contributed by atoms with van der Waals surface area (Å²) in [5.41, 5.74) is 0. The van der Waals surface area contributed by atoms with E-state index in [2.05, 4.69) is 28.1 Å². The Labute approximate surface area is 165 Å². The SMILES string of the molecule is Br.CCCCCCCCCCCCCCCCCC[N+](C)(C)C.N. The zero-order valence-corrected chi connectivity index (χ0v) is 19.3. The lowest BCUT2D eigenvalue weighted by Crippen LogP contribution is -2.35. The molecule has 0 saturated heterocycles. The Morgan fingerprint density at radius 1 is 0.458 bits per heavy atom. The van der Waals surface area contributed by atoms with E-state index in [9.17, 15) is 0 Å². The summed E-state index contributed by atoms with van der Waals surface area (Å²) in [5, 5.41) is 0. The number of hydrogen-bond acceptors (Lipinski definition) is 1. The zero-order chi connectivity index (χ0) is 16.5. The number of quaternary nitrogens is 1. The average molecular weight is 411 g/mol. The van der Waals surface area contributed by atoms with Crippen LogP contribution < -0.4 is 6.15 Å². The van der Waals surface area contributed by atoms with Crippen LogP contribution >= 0.6 is 17.0 Å². The summed E-state index contributed by atoms with van der Waals surface area (Å²) in [6.07, 6.45) is 23.4. The highest BCUT2D eigenvalue weighted by atomic mass is 79.9. The molecule has 0 aliphatic carbocycles. The highest BCUT2D eigenvalue weighted by molar-refractivity contribution is 8.93. The van der Waals surface area contributed by atoms with Crippen LogP contribution in [0.25, 0.3) is 0 Å². The summed E-state index contributed by atoms with van der Waals surface area (Å²) < 4.78 is 1.12. The Balaban J connectivity index is -0.00000220. The molecule has 0 aromatic carbocycles. The van der Waals surface area contributed by atoms with E-state index in [4.69, 9.17) is 0 Å². The molecule has 24 heavy (non-hydrogen) atoms. The molecule has 0 aliphatic rings. The smallest absolute Gasteiger partial charge is 0.0780 e. The molecule has 0 unspecified atom stereocenters. The van der Waals surface area contributed by atoms with Gasteiger partial charge < -0.3 is 10.6 Å². The molecule has 2 nitrogen and oxygen atoms in total. The van der Waals surface area contributed by atoms with Crippen LogP contribution in [0.4, 0.5) is 0 Å². The Kier molecular flexibility index (Phi) is 26.1. The quantitative estimate of drug-likeness (QED) is 0.193. The lowest BCUT2D eigenvalue weighted by Gasteiger charge is -2.23. The summed E-state index contributed by atoms with van der Waals surface area (Å²) in [6.45, 7) is 3.63. The van der Waals surface area contributed by atoms with Gasteiger partial charge in [-0.05, 0) is 12.8 Å². The van der Waals surface area contributed by atoms with Crippen molar-refractivity contribution in [2.24, 2.45) is 0 Å². The van der Waals surface area contributed by atoms with Crippen LogP contribution in [-0.4, -0.2) is 32.2 Å². The van der Waals surface area contributed by atoms with Crippen molar-refractivity contribution in [3.8, 4) is 0 Å². The molecule has 0 heterocycles. The van der Waals surface area contributed by atoms with Gasteiger partial charge in [0.1, 0.15) is 0 Å². The molecule has 3 N–H and O–H groups in total. The maximum Gasteiger partial charge on any atom is 0.0780 e. The van der Waals surface area contributed by atoms with Crippen molar-refractivity contribution in [1.82, 2.24) is 6.15 Å². The molecule has 0 fully saturated rings. The van der Waals surface area contributed by atoms with Crippen molar-refractivity contribution >= 4 is 17.0 Å². The van der Waals surface area contributed by atoms with Crippen LogP contribution in [0.3, 0.4) is 0 Å². The van der Waals surface area contributed by atoms with Crippen molar-refractivity contribution in [1.29, 1.82) is 0 Å². The van der Waals surface area contributed by atoms with Crippen molar-refractivity contribution in [3.05, 3.63) is 0 Å². The minimum atomic E-state index is 0. The Morgan fingerprint density at radius 2 is 0.708 bits per heavy atom. The topological polar surface area (TPSA) is 35.0 Å². The van der Waals surface area contributed by atoms with Gasteiger partial charge in [0.05, 0.1) is 27.7 Å². The number of nitrogens with zero attached hydrogens (tertiary/aromatic N) is 1. The van der Waals surface area contributed by atoms with E-state index >= 15 is 0 Å². The summed E-state index contributed by atoms with van der Waals surface area (Å²) in [6, 6.07) is 0. The standard InChI is InChI=1S/C21H46N.BrH.H3N/c1-5-6-7-8-9-10-11-12-13-14-15-16-17-18-19-20-21-22(2,3)4;;/h5-21H2,1-4H3;1H;1H3/q+1;;. The lowest BCUT2D eigenvalue weighted by atomic mass is 10.0. The summed E-state index contributed by atoms with van der Waals surface area (Å²) in [7, 11) is 6.89. The molecule has 0 aromatic heterocycles. The van der Waals surface area contributed by atoms with E-state index < -0.39 is 0 Å². The van der Waals surface area contributed by atoms with Gasteiger partial charge in [-0.25, -0.2) is 0 Å². The van der Waals surface area contributed by atoms with E-state index in [1.165, 1.54) is 109 Å². The van der Waals surface area contributed by atoms with E-state index in [-0.39, 0.29) is 23.1 Å². The van der Waals surface area contributed by atoms with Gasteiger partial charge in [-0.3, -0.25) is 0 Å². The molecule has 0 rings (SSSR count). The maximum atomic E-state index is 2.30. The minimum Gasteiger partial charge on any atom is -0.344 e. The Hall–Kier alpha value is 0.400. The van der Waals surface area contributed by atoms with Crippen LogP contribution in [0.15, 0.2) is 0 Å². The van der Waals surface area contributed by atoms with Gasteiger partial charge in [-0.1, -0.05) is 96.8 Å². The van der Waals surface area contributed by atoms with Gasteiger partial charge in [0.25, 0.3) is 0 Å².